The molecule has 3 nitrogen and oxygen atoms in total. The average Bonchev–Trinajstić information content (AvgIpc) is 2.34. The van der Waals surface area contributed by atoms with E-state index in [0.29, 0.717) is 12.0 Å². The van der Waals surface area contributed by atoms with Crippen molar-refractivity contribution in [3.8, 4) is 5.75 Å². The number of hydrogen-bond acceptors (Lipinski definition) is 3. The highest BCUT2D eigenvalue weighted by Gasteiger charge is 2.22. The van der Waals surface area contributed by atoms with Gasteiger partial charge < -0.3 is 10.5 Å². The standard InChI is InChI=1S/C14H21BrN2O/c1-10-5-6-17(9-13(10)16)8-11-3-4-14(18-2)12(15)7-11/h3-4,7,10,13H,5-6,8-9,16H2,1-2H3. The SMILES string of the molecule is COc1ccc(CN2CCC(C)C(N)C2)cc1Br. The van der Waals surface area contributed by atoms with Gasteiger partial charge in [-0.1, -0.05) is 13.0 Å². The van der Waals surface area contributed by atoms with Gasteiger partial charge in [-0.2, -0.15) is 0 Å². The van der Waals surface area contributed by atoms with Crippen LogP contribution in [0.4, 0.5) is 0 Å². The minimum absolute atomic E-state index is 0.306. The van der Waals surface area contributed by atoms with Crippen molar-refractivity contribution in [1.82, 2.24) is 4.90 Å². The van der Waals surface area contributed by atoms with Gasteiger partial charge in [-0.3, -0.25) is 4.90 Å². The number of ether oxygens (including phenoxy) is 1. The lowest BCUT2D eigenvalue weighted by Gasteiger charge is -2.35. The van der Waals surface area contributed by atoms with Crippen LogP contribution in [0.3, 0.4) is 0 Å². The van der Waals surface area contributed by atoms with Gasteiger partial charge in [0.05, 0.1) is 11.6 Å². The Kier molecular flexibility index (Phi) is 4.65. The number of benzene rings is 1. The fourth-order valence-corrected chi connectivity index (χ4v) is 2.97. The molecule has 0 saturated carbocycles. The van der Waals surface area contributed by atoms with Crippen molar-refractivity contribution in [1.29, 1.82) is 0 Å². The van der Waals surface area contributed by atoms with E-state index in [9.17, 15) is 0 Å². The summed E-state index contributed by atoms with van der Waals surface area (Å²) in [6, 6.07) is 6.56. The fraction of sp³-hybridized carbons (Fsp3) is 0.571. The van der Waals surface area contributed by atoms with Gasteiger partial charge in [0, 0.05) is 19.1 Å². The lowest BCUT2D eigenvalue weighted by molar-refractivity contribution is 0.162. The number of piperidine rings is 1. The zero-order valence-corrected chi connectivity index (χ0v) is 12.6. The zero-order chi connectivity index (χ0) is 13.1. The largest absolute Gasteiger partial charge is 0.496 e. The Labute approximate surface area is 117 Å². The number of methoxy groups -OCH3 is 1. The first-order valence-corrected chi connectivity index (χ1v) is 7.20. The number of hydrogen-bond donors (Lipinski definition) is 1. The molecule has 1 fully saturated rings. The van der Waals surface area contributed by atoms with Crippen molar-refractivity contribution >= 4 is 15.9 Å². The summed E-state index contributed by atoms with van der Waals surface area (Å²) >= 11 is 3.53. The first-order valence-electron chi connectivity index (χ1n) is 6.40. The molecule has 0 radical (unpaired) electrons. The number of nitrogens with zero attached hydrogens (tertiary/aromatic N) is 1. The van der Waals surface area contributed by atoms with Crippen molar-refractivity contribution in [2.45, 2.75) is 25.9 Å². The predicted molar refractivity (Wildman–Crippen MR) is 77.7 cm³/mol. The zero-order valence-electron chi connectivity index (χ0n) is 11.0. The van der Waals surface area contributed by atoms with E-state index in [2.05, 4.69) is 39.9 Å². The van der Waals surface area contributed by atoms with E-state index in [1.54, 1.807) is 7.11 Å². The Morgan fingerprint density at radius 1 is 1.50 bits per heavy atom. The first-order chi connectivity index (χ1) is 8.60. The minimum atomic E-state index is 0.306. The van der Waals surface area contributed by atoms with E-state index in [1.807, 2.05) is 6.07 Å². The predicted octanol–water partition coefficient (Wildman–Crippen LogP) is 2.63. The minimum Gasteiger partial charge on any atom is -0.496 e. The van der Waals surface area contributed by atoms with Crippen LogP contribution >= 0.6 is 15.9 Å². The number of halogens is 1. The molecule has 1 aromatic rings. The van der Waals surface area contributed by atoms with Gasteiger partial charge in [0.15, 0.2) is 0 Å². The molecule has 2 atom stereocenters. The summed E-state index contributed by atoms with van der Waals surface area (Å²) in [6.45, 7) is 5.33. The highest BCUT2D eigenvalue weighted by Crippen LogP contribution is 2.26. The summed E-state index contributed by atoms with van der Waals surface area (Å²) in [5, 5.41) is 0. The highest BCUT2D eigenvalue weighted by atomic mass is 79.9. The van der Waals surface area contributed by atoms with E-state index >= 15 is 0 Å². The Bertz CT molecular complexity index is 411. The monoisotopic (exact) mass is 312 g/mol. The molecule has 0 spiro atoms. The molecule has 2 unspecified atom stereocenters. The Morgan fingerprint density at radius 3 is 2.89 bits per heavy atom. The summed E-state index contributed by atoms with van der Waals surface area (Å²) in [7, 11) is 1.69. The first kappa shape index (κ1) is 13.8. The summed E-state index contributed by atoms with van der Waals surface area (Å²) in [5.41, 5.74) is 7.42. The molecule has 0 amide bonds. The lowest BCUT2D eigenvalue weighted by Crippen LogP contribution is -2.47. The molecule has 4 heteroatoms. The maximum atomic E-state index is 6.13. The van der Waals surface area contributed by atoms with Gasteiger partial charge in [0.25, 0.3) is 0 Å². The van der Waals surface area contributed by atoms with E-state index in [-0.39, 0.29) is 0 Å². The van der Waals surface area contributed by atoms with Crippen molar-refractivity contribution in [3.63, 3.8) is 0 Å². The molecule has 1 saturated heterocycles. The van der Waals surface area contributed by atoms with Crippen LogP contribution in [0.1, 0.15) is 18.9 Å². The topological polar surface area (TPSA) is 38.5 Å². The van der Waals surface area contributed by atoms with Gasteiger partial charge in [-0.15, -0.1) is 0 Å². The van der Waals surface area contributed by atoms with Crippen LogP contribution in [0, 0.1) is 5.92 Å². The molecule has 1 heterocycles. The van der Waals surface area contributed by atoms with Gasteiger partial charge >= 0.3 is 0 Å². The number of rotatable bonds is 3. The quantitative estimate of drug-likeness (QED) is 0.932. The van der Waals surface area contributed by atoms with Crippen LogP contribution in [0.5, 0.6) is 5.75 Å². The van der Waals surface area contributed by atoms with E-state index in [4.69, 9.17) is 10.5 Å². The number of likely N-dealkylation sites (tertiary alicyclic amines) is 1. The van der Waals surface area contributed by atoms with Crippen molar-refractivity contribution in [3.05, 3.63) is 28.2 Å². The number of nitrogens with two attached hydrogens (primary N) is 1. The van der Waals surface area contributed by atoms with Crippen LogP contribution in [0.25, 0.3) is 0 Å². The van der Waals surface area contributed by atoms with E-state index in [0.717, 1.165) is 29.9 Å². The van der Waals surface area contributed by atoms with Crippen molar-refractivity contribution < 1.29 is 4.74 Å². The summed E-state index contributed by atoms with van der Waals surface area (Å²) in [6.07, 6.45) is 1.19. The van der Waals surface area contributed by atoms with Gasteiger partial charge in [-0.25, -0.2) is 0 Å². The second-order valence-corrected chi connectivity index (χ2v) is 5.99. The summed E-state index contributed by atoms with van der Waals surface area (Å²) in [5.74, 6) is 1.52. The second-order valence-electron chi connectivity index (χ2n) is 5.13. The molecule has 0 bridgehead atoms. The Balaban J connectivity index is 1.99. The average molecular weight is 313 g/mol. The van der Waals surface area contributed by atoms with Crippen LogP contribution in [0.2, 0.25) is 0 Å². The van der Waals surface area contributed by atoms with Crippen molar-refractivity contribution in [2.24, 2.45) is 11.7 Å². The van der Waals surface area contributed by atoms with Gasteiger partial charge in [-0.05, 0) is 52.5 Å². The molecule has 1 aliphatic heterocycles. The van der Waals surface area contributed by atoms with Crippen molar-refractivity contribution in [2.75, 3.05) is 20.2 Å². The second kappa shape index (κ2) is 6.04. The summed E-state index contributed by atoms with van der Waals surface area (Å²) < 4.78 is 6.25. The van der Waals surface area contributed by atoms with Crippen LogP contribution < -0.4 is 10.5 Å². The molecule has 2 N–H and O–H groups in total. The lowest BCUT2D eigenvalue weighted by atomic mass is 9.94. The maximum absolute atomic E-state index is 6.13. The third kappa shape index (κ3) is 3.25. The van der Waals surface area contributed by atoms with E-state index < -0.39 is 0 Å². The Morgan fingerprint density at radius 2 is 2.28 bits per heavy atom. The molecule has 0 aromatic heterocycles. The fourth-order valence-electron chi connectivity index (χ4n) is 2.38. The Hall–Kier alpha value is -0.580. The highest BCUT2D eigenvalue weighted by molar-refractivity contribution is 9.10. The normalized spacial score (nSPS) is 25.1. The molecule has 0 aliphatic carbocycles. The molecule has 2 rings (SSSR count). The van der Waals surface area contributed by atoms with E-state index in [1.165, 1.54) is 12.0 Å². The smallest absolute Gasteiger partial charge is 0.133 e. The van der Waals surface area contributed by atoms with Crippen LogP contribution in [0.15, 0.2) is 22.7 Å². The third-order valence-corrected chi connectivity index (χ3v) is 4.34. The molecule has 100 valence electrons. The van der Waals surface area contributed by atoms with Gasteiger partial charge in [0.1, 0.15) is 5.75 Å². The molecular formula is C14H21BrN2O. The maximum Gasteiger partial charge on any atom is 0.133 e. The van der Waals surface area contributed by atoms with Crippen LogP contribution in [-0.2, 0) is 6.54 Å². The van der Waals surface area contributed by atoms with Crippen LogP contribution in [-0.4, -0.2) is 31.1 Å². The molecule has 18 heavy (non-hydrogen) atoms. The molecule has 1 aromatic carbocycles. The molecule has 1 aliphatic rings. The third-order valence-electron chi connectivity index (χ3n) is 3.72. The molecular weight excluding hydrogens is 292 g/mol. The van der Waals surface area contributed by atoms with Gasteiger partial charge in [0.2, 0.25) is 0 Å². The summed E-state index contributed by atoms with van der Waals surface area (Å²) in [4.78, 5) is 2.43.